The molecule has 0 saturated heterocycles. The molecule has 0 spiro atoms. The standard InChI is InChI=1S/C11H18N2OS/c1-10(2,7-3-4-7)13-9(14)11(5-6-11)8(12)15/h7H,3-6H2,1-2H3,(H2,12,15)(H,13,14). The number of carbonyl (C=O) groups is 1. The molecule has 84 valence electrons. The minimum atomic E-state index is -0.512. The zero-order chi connectivity index (χ0) is 11.3. The van der Waals surface area contributed by atoms with E-state index >= 15 is 0 Å². The number of nitrogens with two attached hydrogens (primary N) is 1. The second-order valence-electron chi connectivity index (χ2n) is 5.40. The minimum absolute atomic E-state index is 0.0342. The van der Waals surface area contributed by atoms with Gasteiger partial charge in [-0.15, -0.1) is 0 Å². The average molecular weight is 226 g/mol. The molecule has 2 aliphatic carbocycles. The Morgan fingerprint density at radius 1 is 1.47 bits per heavy atom. The summed E-state index contributed by atoms with van der Waals surface area (Å²) < 4.78 is 0. The molecule has 0 aliphatic heterocycles. The number of amides is 1. The molecule has 0 aromatic heterocycles. The Bertz CT molecular complexity index is 317. The number of nitrogens with one attached hydrogen (secondary N) is 1. The van der Waals surface area contributed by atoms with Crippen molar-refractivity contribution >= 4 is 23.1 Å². The largest absolute Gasteiger partial charge is 0.392 e. The van der Waals surface area contributed by atoms with Crippen molar-refractivity contribution in [1.29, 1.82) is 0 Å². The number of rotatable bonds is 4. The predicted molar refractivity (Wildman–Crippen MR) is 63.4 cm³/mol. The molecule has 3 nitrogen and oxygen atoms in total. The van der Waals surface area contributed by atoms with Gasteiger partial charge in [0.2, 0.25) is 5.91 Å². The SMILES string of the molecule is CC(C)(NC(=O)C1(C(N)=S)CC1)C1CC1. The fraction of sp³-hybridized carbons (Fsp3) is 0.818. The van der Waals surface area contributed by atoms with Crippen LogP contribution in [0.5, 0.6) is 0 Å². The molecule has 0 heterocycles. The maximum absolute atomic E-state index is 12.0. The first kappa shape index (κ1) is 10.9. The third kappa shape index (κ3) is 1.87. The molecular formula is C11H18N2OS. The highest BCUT2D eigenvalue weighted by Gasteiger charge is 2.54. The van der Waals surface area contributed by atoms with Crippen molar-refractivity contribution in [2.24, 2.45) is 17.1 Å². The summed E-state index contributed by atoms with van der Waals surface area (Å²) in [5.74, 6) is 0.662. The highest BCUT2D eigenvalue weighted by atomic mass is 32.1. The molecule has 0 atom stereocenters. The summed E-state index contributed by atoms with van der Waals surface area (Å²) in [6.07, 6.45) is 4.06. The molecule has 2 fully saturated rings. The van der Waals surface area contributed by atoms with E-state index in [1.807, 2.05) is 0 Å². The van der Waals surface area contributed by atoms with E-state index in [-0.39, 0.29) is 11.4 Å². The Hall–Kier alpha value is -0.640. The van der Waals surface area contributed by atoms with Gasteiger partial charge >= 0.3 is 0 Å². The van der Waals surface area contributed by atoms with Gasteiger partial charge in [0.15, 0.2) is 0 Å². The van der Waals surface area contributed by atoms with Gasteiger partial charge in [-0.1, -0.05) is 12.2 Å². The van der Waals surface area contributed by atoms with E-state index in [1.54, 1.807) is 0 Å². The molecule has 0 unspecified atom stereocenters. The van der Waals surface area contributed by atoms with Crippen molar-refractivity contribution in [3.05, 3.63) is 0 Å². The lowest BCUT2D eigenvalue weighted by molar-refractivity contribution is -0.125. The van der Waals surface area contributed by atoms with Crippen LogP contribution < -0.4 is 11.1 Å². The third-order valence-electron chi connectivity index (χ3n) is 3.69. The second-order valence-corrected chi connectivity index (χ2v) is 5.84. The van der Waals surface area contributed by atoms with Crippen molar-refractivity contribution in [2.75, 3.05) is 0 Å². The van der Waals surface area contributed by atoms with Crippen molar-refractivity contribution in [3.8, 4) is 0 Å². The lowest BCUT2D eigenvalue weighted by Gasteiger charge is -2.28. The Balaban J connectivity index is 2.00. The van der Waals surface area contributed by atoms with Gasteiger partial charge in [-0.3, -0.25) is 4.79 Å². The number of thiocarbonyl (C=S) groups is 1. The van der Waals surface area contributed by atoms with Gasteiger partial charge in [-0.25, -0.2) is 0 Å². The molecular weight excluding hydrogens is 208 g/mol. The summed E-state index contributed by atoms with van der Waals surface area (Å²) in [5, 5.41) is 3.10. The zero-order valence-corrected chi connectivity index (χ0v) is 10.1. The molecule has 15 heavy (non-hydrogen) atoms. The van der Waals surface area contributed by atoms with Gasteiger partial charge in [-0.2, -0.15) is 0 Å². The topological polar surface area (TPSA) is 55.1 Å². The predicted octanol–water partition coefficient (Wildman–Crippen LogP) is 1.36. The number of hydrogen-bond acceptors (Lipinski definition) is 2. The molecule has 0 bridgehead atoms. The van der Waals surface area contributed by atoms with Crippen LogP contribution in [-0.2, 0) is 4.79 Å². The second kappa shape index (κ2) is 3.17. The summed E-state index contributed by atoms with van der Waals surface area (Å²) in [7, 11) is 0. The average Bonchev–Trinajstić information content (AvgIpc) is 2.99. The molecule has 0 radical (unpaired) electrons. The first-order valence-electron chi connectivity index (χ1n) is 5.51. The maximum atomic E-state index is 12.0. The van der Waals surface area contributed by atoms with Crippen molar-refractivity contribution in [2.45, 2.75) is 45.1 Å². The Kier molecular flexibility index (Phi) is 2.30. The van der Waals surface area contributed by atoms with E-state index in [4.69, 9.17) is 18.0 Å². The monoisotopic (exact) mass is 226 g/mol. The molecule has 1 amide bonds. The summed E-state index contributed by atoms with van der Waals surface area (Å²) in [6, 6.07) is 0. The van der Waals surface area contributed by atoms with E-state index in [2.05, 4.69) is 19.2 Å². The molecule has 0 aromatic rings. The Morgan fingerprint density at radius 2 is 2.00 bits per heavy atom. The molecule has 3 N–H and O–H groups in total. The van der Waals surface area contributed by atoms with Crippen LogP contribution in [0.1, 0.15) is 39.5 Å². The van der Waals surface area contributed by atoms with Crippen LogP contribution in [-0.4, -0.2) is 16.4 Å². The minimum Gasteiger partial charge on any atom is -0.392 e. The van der Waals surface area contributed by atoms with Gasteiger partial charge < -0.3 is 11.1 Å². The van der Waals surface area contributed by atoms with E-state index in [1.165, 1.54) is 12.8 Å². The highest BCUT2D eigenvalue weighted by Crippen LogP contribution is 2.47. The zero-order valence-electron chi connectivity index (χ0n) is 9.30. The molecule has 0 aromatic carbocycles. The summed E-state index contributed by atoms with van der Waals surface area (Å²) >= 11 is 4.96. The molecule has 2 aliphatic rings. The van der Waals surface area contributed by atoms with Crippen molar-refractivity contribution in [1.82, 2.24) is 5.32 Å². The van der Waals surface area contributed by atoms with Crippen LogP contribution in [0.2, 0.25) is 0 Å². The molecule has 4 heteroatoms. The normalized spacial score (nSPS) is 23.3. The van der Waals surface area contributed by atoms with Crippen LogP contribution in [0.3, 0.4) is 0 Å². The van der Waals surface area contributed by atoms with Gasteiger partial charge in [0.1, 0.15) is 0 Å². The molecule has 2 rings (SSSR count). The molecule has 2 saturated carbocycles. The highest BCUT2D eigenvalue weighted by molar-refractivity contribution is 7.80. The van der Waals surface area contributed by atoms with E-state index < -0.39 is 5.41 Å². The Morgan fingerprint density at radius 3 is 2.33 bits per heavy atom. The van der Waals surface area contributed by atoms with Crippen LogP contribution in [0, 0.1) is 11.3 Å². The van der Waals surface area contributed by atoms with Crippen molar-refractivity contribution in [3.63, 3.8) is 0 Å². The van der Waals surface area contributed by atoms with E-state index in [0.29, 0.717) is 10.9 Å². The van der Waals surface area contributed by atoms with Gasteiger partial charge in [0.25, 0.3) is 0 Å². The fourth-order valence-electron chi connectivity index (χ4n) is 2.03. The van der Waals surface area contributed by atoms with Gasteiger partial charge in [0.05, 0.1) is 10.4 Å². The van der Waals surface area contributed by atoms with Crippen LogP contribution in [0.15, 0.2) is 0 Å². The van der Waals surface area contributed by atoms with Crippen LogP contribution in [0.4, 0.5) is 0 Å². The number of hydrogen-bond donors (Lipinski definition) is 2. The van der Waals surface area contributed by atoms with Crippen molar-refractivity contribution < 1.29 is 4.79 Å². The third-order valence-corrected chi connectivity index (χ3v) is 4.08. The number of carbonyl (C=O) groups excluding carboxylic acids is 1. The summed E-state index contributed by atoms with van der Waals surface area (Å²) in [6.45, 7) is 4.16. The van der Waals surface area contributed by atoms with Gasteiger partial charge in [-0.05, 0) is 45.4 Å². The lowest BCUT2D eigenvalue weighted by atomic mass is 9.96. The van der Waals surface area contributed by atoms with Crippen LogP contribution in [0.25, 0.3) is 0 Å². The fourth-order valence-corrected chi connectivity index (χ4v) is 2.33. The maximum Gasteiger partial charge on any atom is 0.233 e. The van der Waals surface area contributed by atoms with E-state index in [9.17, 15) is 4.79 Å². The first-order chi connectivity index (χ1) is 6.88. The Labute approximate surface area is 95.8 Å². The van der Waals surface area contributed by atoms with Gasteiger partial charge in [0, 0.05) is 5.54 Å². The summed E-state index contributed by atoms with van der Waals surface area (Å²) in [4.78, 5) is 12.4. The lowest BCUT2D eigenvalue weighted by Crippen LogP contribution is -2.50. The first-order valence-corrected chi connectivity index (χ1v) is 5.92. The smallest absolute Gasteiger partial charge is 0.233 e. The van der Waals surface area contributed by atoms with E-state index in [0.717, 1.165) is 12.8 Å². The van der Waals surface area contributed by atoms with Crippen LogP contribution >= 0.6 is 12.2 Å². The summed E-state index contributed by atoms with van der Waals surface area (Å²) in [5.41, 5.74) is 5.00. The quantitative estimate of drug-likeness (QED) is 0.712.